The molecule has 2 rings (SSSR count). The van der Waals surface area contributed by atoms with Gasteiger partial charge in [0.2, 0.25) is 0 Å². The Morgan fingerprint density at radius 3 is 2.42 bits per heavy atom. The minimum atomic E-state index is 0.461. The summed E-state index contributed by atoms with van der Waals surface area (Å²) in [6, 6.07) is 8.54. The molecule has 1 aromatic carbocycles. The van der Waals surface area contributed by atoms with Crippen LogP contribution in [-0.4, -0.2) is 23.5 Å². The molecule has 2 heteroatoms. The van der Waals surface area contributed by atoms with E-state index in [0.717, 1.165) is 6.54 Å². The van der Waals surface area contributed by atoms with Gasteiger partial charge in [0.1, 0.15) is 0 Å². The maximum Gasteiger partial charge on any atom is 0.0326 e. The first-order valence-electron chi connectivity index (χ1n) is 7.58. The monoisotopic (exact) mass is 260 g/mol. The number of hydrogen-bond donors (Lipinski definition) is 1. The third-order valence-electron chi connectivity index (χ3n) is 4.54. The highest BCUT2D eigenvalue weighted by atomic mass is 15.2. The van der Waals surface area contributed by atoms with E-state index in [2.05, 4.69) is 50.8 Å². The van der Waals surface area contributed by atoms with E-state index in [4.69, 9.17) is 5.73 Å². The van der Waals surface area contributed by atoms with E-state index in [-0.39, 0.29) is 0 Å². The van der Waals surface area contributed by atoms with Crippen molar-refractivity contribution in [1.29, 1.82) is 0 Å². The summed E-state index contributed by atoms with van der Waals surface area (Å²) in [7, 11) is 0. The Morgan fingerprint density at radius 2 is 1.84 bits per heavy atom. The van der Waals surface area contributed by atoms with Crippen LogP contribution in [0.15, 0.2) is 18.2 Å². The van der Waals surface area contributed by atoms with Gasteiger partial charge in [-0.2, -0.15) is 0 Å². The summed E-state index contributed by atoms with van der Waals surface area (Å²) >= 11 is 0. The van der Waals surface area contributed by atoms with Gasteiger partial charge in [-0.25, -0.2) is 0 Å². The molecule has 0 amide bonds. The van der Waals surface area contributed by atoms with Crippen molar-refractivity contribution in [3.63, 3.8) is 0 Å². The molecule has 1 aliphatic heterocycles. The third-order valence-corrected chi connectivity index (χ3v) is 4.54. The maximum atomic E-state index is 5.99. The van der Waals surface area contributed by atoms with Gasteiger partial charge >= 0.3 is 0 Å². The van der Waals surface area contributed by atoms with Gasteiger partial charge in [0.25, 0.3) is 0 Å². The number of likely N-dealkylation sites (tertiary alicyclic amines) is 1. The quantitative estimate of drug-likeness (QED) is 0.900. The zero-order valence-electron chi connectivity index (χ0n) is 12.8. The molecule has 0 bridgehead atoms. The van der Waals surface area contributed by atoms with Crippen LogP contribution in [0.1, 0.15) is 55.8 Å². The summed E-state index contributed by atoms with van der Waals surface area (Å²) < 4.78 is 0. The second kappa shape index (κ2) is 6.06. The van der Waals surface area contributed by atoms with Gasteiger partial charge in [0.15, 0.2) is 0 Å². The lowest BCUT2D eigenvalue weighted by molar-refractivity contribution is 0.0570. The molecule has 0 aliphatic carbocycles. The number of rotatable bonds is 3. The number of nitrogens with two attached hydrogens (primary N) is 1. The molecule has 106 valence electrons. The fourth-order valence-electron chi connectivity index (χ4n) is 3.67. The lowest BCUT2D eigenvalue weighted by atomic mass is 9.91. The van der Waals surface area contributed by atoms with E-state index in [9.17, 15) is 0 Å². The largest absolute Gasteiger partial charge is 0.329 e. The van der Waals surface area contributed by atoms with E-state index in [1.165, 1.54) is 36.0 Å². The number of nitrogens with zero attached hydrogens (tertiary/aromatic N) is 1. The Hall–Kier alpha value is -0.860. The van der Waals surface area contributed by atoms with Crippen LogP contribution in [0, 0.1) is 13.8 Å². The van der Waals surface area contributed by atoms with Gasteiger partial charge in [-0.3, -0.25) is 4.90 Å². The molecule has 3 unspecified atom stereocenters. The van der Waals surface area contributed by atoms with Gasteiger partial charge in [-0.05, 0) is 46.1 Å². The summed E-state index contributed by atoms with van der Waals surface area (Å²) in [4.78, 5) is 2.64. The SMILES string of the molecule is Cc1cc(C)cc(C(C)N2C(C)CCCC2CN)c1. The summed E-state index contributed by atoms with van der Waals surface area (Å²) in [5.74, 6) is 0. The van der Waals surface area contributed by atoms with E-state index < -0.39 is 0 Å². The zero-order valence-corrected chi connectivity index (χ0v) is 12.8. The second-order valence-electron chi connectivity index (χ2n) is 6.21. The van der Waals surface area contributed by atoms with Gasteiger partial charge < -0.3 is 5.73 Å². The molecule has 2 nitrogen and oxygen atoms in total. The maximum absolute atomic E-state index is 5.99. The molecular weight excluding hydrogens is 232 g/mol. The molecule has 0 saturated carbocycles. The van der Waals surface area contributed by atoms with E-state index in [0.29, 0.717) is 18.1 Å². The Kier molecular flexibility index (Phi) is 4.64. The Bertz CT molecular complexity index is 407. The molecular formula is C17H28N2. The van der Waals surface area contributed by atoms with Gasteiger partial charge in [-0.1, -0.05) is 35.7 Å². The fourth-order valence-corrected chi connectivity index (χ4v) is 3.67. The van der Waals surface area contributed by atoms with Crippen molar-refractivity contribution in [2.45, 2.75) is 65.1 Å². The normalized spacial score (nSPS) is 26.4. The molecule has 0 radical (unpaired) electrons. The first-order chi connectivity index (χ1) is 9.02. The summed E-state index contributed by atoms with van der Waals surface area (Å²) in [5.41, 5.74) is 10.1. The van der Waals surface area contributed by atoms with Crippen molar-refractivity contribution < 1.29 is 0 Å². The number of aryl methyl sites for hydroxylation is 2. The van der Waals surface area contributed by atoms with Crippen molar-refractivity contribution in [2.75, 3.05) is 6.54 Å². The van der Waals surface area contributed by atoms with Crippen LogP contribution in [-0.2, 0) is 0 Å². The topological polar surface area (TPSA) is 29.3 Å². The Morgan fingerprint density at radius 1 is 1.21 bits per heavy atom. The molecule has 3 atom stereocenters. The molecule has 1 heterocycles. The number of hydrogen-bond acceptors (Lipinski definition) is 2. The second-order valence-corrected chi connectivity index (χ2v) is 6.21. The van der Waals surface area contributed by atoms with Gasteiger partial charge in [-0.15, -0.1) is 0 Å². The fraction of sp³-hybridized carbons (Fsp3) is 0.647. The molecule has 19 heavy (non-hydrogen) atoms. The van der Waals surface area contributed by atoms with Crippen LogP contribution >= 0.6 is 0 Å². The molecule has 0 aromatic heterocycles. The minimum Gasteiger partial charge on any atom is -0.329 e. The van der Waals surface area contributed by atoms with E-state index in [1.807, 2.05) is 0 Å². The molecule has 1 aromatic rings. The predicted molar refractivity (Wildman–Crippen MR) is 82.3 cm³/mol. The Balaban J connectivity index is 2.27. The highest BCUT2D eigenvalue weighted by Crippen LogP contribution is 2.32. The van der Waals surface area contributed by atoms with Crippen LogP contribution in [0.4, 0.5) is 0 Å². The van der Waals surface area contributed by atoms with Crippen LogP contribution in [0.2, 0.25) is 0 Å². The van der Waals surface area contributed by atoms with Gasteiger partial charge in [0, 0.05) is 24.7 Å². The average molecular weight is 260 g/mol. The van der Waals surface area contributed by atoms with E-state index >= 15 is 0 Å². The first kappa shape index (κ1) is 14.5. The Labute approximate surface area is 118 Å². The highest BCUT2D eigenvalue weighted by molar-refractivity contribution is 5.30. The standard InChI is InChI=1S/C17H28N2/c1-12-8-13(2)10-16(9-12)15(4)19-14(3)6-5-7-17(19)11-18/h8-10,14-15,17H,5-7,11,18H2,1-4H3. The summed E-state index contributed by atoms with van der Waals surface area (Å²) in [5, 5.41) is 0. The number of piperidine rings is 1. The molecule has 1 fully saturated rings. The van der Waals surface area contributed by atoms with Crippen LogP contribution < -0.4 is 5.73 Å². The molecule has 1 saturated heterocycles. The molecule has 0 spiro atoms. The summed E-state index contributed by atoms with van der Waals surface area (Å²) in [6.07, 6.45) is 3.86. The minimum absolute atomic E-state index is 0.461. The van der Waals surface area contributed by atoms with Crippen molar-refractivity contribution in [3.05, 3.63) is 34.9 Å². The predicted octanol–water partition coefficient (Wildman–Crippen LogP) is 3.57. The van der Waals surface area contributed by atoms with Crippen LogP contribution in [0.25, 0.3) is 0 Å². The van der Waals surface area contributed by atoms with Crippen molar-refractivity contribution >= 4 is 0 Å². The lowest BCUT2D eigenvalue weighted by Gasteiger charge is -2.44. The van der Waals surface area contributed by atoms with Crippen LogP contribution in [0.3, 0.4) is 0 Å². The third kappa shape index (κ3) is 3.18. The smallest absolute Gasteiger partial charge is 0.0326 e. The van der Waals surface area contributed by atoms with Crippen molar-refractivity contribution in [2.24, 2.45) is 5.73 Å². The first-order valence-corrected chi connectivity index (χ1v) is 7.58. The van der Waals surface area contributed by atoms with Crippen molar-refractivity contribution in [3.8, 4) is 0 Å². The van der Waals surface area contributed by atoms with Crippen molar-refractivity contribution in [1.82, 2.24) is 4.90 Å². The molecule has 2 N–H and O–H groups in total. The summed E-state index contributed by atoms with van der Waals surface area (Å²) in [6.45, 7) is 9.83. The van der Waals surface area contributed by atoms with Crippen LogP contribution in [0.5, 0.6) is 0 Å². The van der Waals surface area contributed by atoms with E-state index in [1.54, 1.807) is 0 Å². The van der Waals surface area contributed by atoms with Gasteiger partial charge in [0.05, 0.1) is 0 Å². The lowest BCUT2D eigenvalue weighted by Crippen LogP contribution is -2.49. The average Bonchev–Trinajstić information content (AvgIpc) is 2.36. The molecule has 1 aliphatic rings. The number of benzene rings is 1. The highest BCUT2D eigenvalue weighted by Gasteiger charge is 2.31. The zero-order chi connectivity index (χ0) is 14.0.